The number of hydrogen-bond donors (Lipinski definition) is 8. The third-order valence-electron chi connectivity index (χ3n) is 2.31. The molecule has 0 saturated heterocycles. The van der Waals surface area contributed by atoms with E-state index in [1.54, 1.807) is 0 Å². The van der Waals surface area contributed by atoms with E-state index >= 15 is 0 Å². The van der Waals surface area contributed by atoms with Gasteiger partial charge in [0.25, 0.3) is 5.91 Å². The number of nitrogens with one attached hydrogen (secondary N) is 1. The lowest BCUT2D eigenvalue weighted by molar-refractivity contribution is -0.150. The highest BCUT2D eigenvalue weighted by Crippen LogP contribution is 2.05. The lowest BCUT2D eigenvalue weighted by Crippen LogP contribution is -2.54. The Morgan fingerprint density at radius 3 is 1.78 bits per heavy atom. The van der Waals surface area contributed by atoms with Crippen LogP contribution in [0.5, 0.6) is 0 Å². The van der Waals surface area contributed by atoms with Gasteiger partial charge in [0.1, 0.15) is 18.3 Å². The second kappa shape index (κ2) is 8.32. The molecule has 0 aromatic carbocycles. The summed E-state index contributed by atoms with van der Waals surface area (Å²) in [6.45, 7) is -2.01. The Morgan fingerprint density at radius 2 is 1.39 bits per heavy atom. The fourth-order valence-electron chi connectivity index (χ4n) is 1.11. The van der Waals surface area contributed by atoms with Gasteiger partial charge in [0, 0.05) is 0 Å². The number of carbonyl (C=O) groups is 1. The van der Waals surface area contributed by atoms with Gasteiger partial charge in [-0.25, -0.2) is 0 Å². The Labute approximate surface area is 103 Å². The minimum Gasteiger partial charge on any atom is -0.394 e. The van der Waals surface area contributed by atoms with E-state index in [9.17, 15) is 20.1 Å². The first-order chi connectivity index (χ1) is 8.38. The van der Waals surface area contributed by atoms with Crippen LogP contribution in [0.25, 0.3) is 0 Å². The van der Waals surface area contributed by atoms with Gasteiger partial charge in [0.15, 0.2) is 6.10 Å². The maximum absolute atomic E-state index is 11.3. The zero-order chi connectivity index (χ0) is 14.3. The molecule has 0 aromatic heterocycles. The topological polar surface area (TPSA) is 171 Å². The van der Waals surface area contributed by atoms with Crippen LogP contribution in [0.3, 0.4) is 0 Å². The summed E-state index contributed by atoms with van der Waals surface area (Å²) >= 11 is 0. The molecule has 108 valence electrons. The molecule has 0 bridgehead atoms. The number of hydrogen-bond acceptors (Lipinski definition) is 8. The Hall–Kier alpha value is -0.810. The molecule has 0 heterocycles. The number of aliphatic hydroxyl groups is 7. The summed E-state index contributed by atoms with van der Waals surface area (Å²) in [6, 6.07) is -1.01. The summed E-state index contributed by atoms with van der Waals surface area (Å²) in [6.07, 6.45) is -7.74. The van der Waals surface area contributed by atoms with Gasteiger partial charge in [-0.3, -0.25) is 4.79 Å². The minimum absolute atomic E-state index is 0.577. The number of carbonyl (C=O) groups excluding carboxylic acids is 1. The van der Waals surface area contributed by atoms with Crippen molar-refractivity contribution in [2.45, 2.75) is 30.5 Å². The smallest absolute Gasteiger partial charge is 0.252 e. The fraction of sp³-hybridized carbons (Fsp3) is 0.889. The second-order valence-corrected chi connectivity index (χ2v) is 3.75. The van der Waals surface area contributed by atoms with Gasteiger partial charge in [0.05, 0.1) is 25.9 Å². The molecule has 0 fully saturated rings. The first-order valence-corrected chi connectivity index (χ1v) is 5.24. The van der Waals surface area contributed by atoms with E-state index in [4.69, 9.17) is 20.4 Å². The highest BCUT2D eigenvalue weighted by molar-refractivity contribution is 5.81. The van der Waals surface area contributed by atoms with Crippen molar-refractivity contribution >= 4 is 5.91 Å². The van der Waals surface area contributed by atoms with Crippen LogP contribution < -0.4 is 5.32 Å². The SMILES string of the molecule is O=C(NC(CO)CO)[C@H](O)[C@@H](O)[C@H](O)[C@H](O)CO. The monoisotopic (exact) mass is 269 g/mol. The number of amides is 1. The van der Waals surface area contributed by atoms with Crippen molar-refractivity contribution < 1.29 is 40.5 Å². The first-order valence-electron chi connectivity index (χ1n) is 5.24. The van der Waals surface area contributed by atoms with Crippen molar-refractivity contribution in [1.82, 2.24) is 5.32 Å². The van der Waals surface area contributed by atoms with Crippen molar-refractivity contribution in [3.63, 3.8) is 0 Å². The molecular formula is C9H19NO8. The average molecular weight is 269 g/mol. The molecule has 8 N–H and O–H groups in total. The van der Waals surface area contributed by atoms with Crippen LogP contribution in [-0.2, 0) is 4.79 Å². The van der Waals surface area contributed by atoms with Crippen molar-refractivity contribution in [2.75, 3.05) is 19.8 Å². The summed E-state index contributed by atoms with van der Waals surface area (Å²) in [5.74, 6) is -1.14. The van der Waals surface area contributed by atoms with Crippen molar-refractivity contribution in [3.05, 3.63) is 0 Å². The highest BCUT2D eigenvalue weighted by Gasteiger charge is 2.34. The maximum Gasteiger partial charge on any atom is 0.252 e. The molecule has 0 spiro atoms. The molecule has 0 radical (unpaired) electrons. The lowest BCUT2D eigenvalue weighted by Gasteiger charge is -2.26. The van der Waals surface area contributed by atoms with E-state index < -0.39 is 56.2 Å². The summed E-state index contributed by atoms with van der Waals surface area (Å²) < 4.78 is 0. The lowest BCUT2D eigenvalue weighted by atomic mass is 10.0. The normalized spacial score (nSPS) is 18.2. The Kier molecular flexibility index (Phi) is 7.95. The first kappa shape index (κ1) is 17.2. The average Bonchev–Trinajstić information content (AvgIpc) is 2.40. The molecule has 0 aliphatic rings. The van der Waals surface area contributed by atoms with Crippen LogP contribution in [-0.4, -0.2) is 91.9 Å². The van der Waals surface area contributed by atoms with E-state index in [0.717, 1.165) is 0 Å². The van der Waals surface area contributed by atoms with Crippen LogP contribution in [0.15, 0.2) is 0 Å². The third kappa shape index (κ3) is 4.82. The highest BCUT2D eigenvalue weighted by atomic mass is 16.4. The molecule has 9 heteroatoms. The zero-order valence-corrected chi connectivity index (χ0v) is 9.55. The van der Waals surface area contributed by atoms with E-state index in [2.05, 4.69) is 0 Å². The van der Waals surface area contributed by atoms with E-state index in [0.29, 0.717) is 0 Å². The zero-order valence-electron chi connectivity index (χ0n) is 9.55. The van der Waals surface area contributed by atoms with Gasteiger partial charge in [-0.15, -0.1) is 0 Å². The van der Waals surface area contributed by atoms with Gasteiger partial charge in [-0.1, -0.05) is 0 Å². The van der Waals surface area contributed by atoms with E-state index in [1.165, 1.54) is 0 Å². The molecule has 0 unspecified atom stereocenters. The largest absolute Gasteiger partial charge is 0.394 e. The second-order valence-electron chi connectivity index (χ2n) is 3.75. The predicted molar refractivity (Wildman–Crippen MR) is 57.2 cm³/mol. The molecule has 9 nitrogen and oxygen atoms in total. The molecule has 0 saturated carbocycles. The van der Waals surface area contributed by atoms with E-state index in [-0.39, 0.29) is 0 Å². The maximum atomic E-state index is 11.3. The molecule has 18 heavy (non-hydrogen) atoms. The van der Waals surface area contributed by atoms with Crippen molar-refractivity contribution in [3.8, 4) is 0 Å². The Balaban J connectivity index is 4.44. The van der Waals surface area contributed by atoms with Gasteiger partial charge in [-0.2, -0.15) is 0 Å². The van der Waals surface area contributed by atoms with Crippen LogP contribution in [0.4, 0.5) is 0 Å². The van der Waals surface area contributed by atoms with E-state index in [1.807, 2.05) is 5.32 Å². The predicted octanol–water partition coefficient (Wildman–Crippen LogP) is -5.11. The molecule has 0 aliphatic heterocycles. The Bertz CT molecular complexity index is 247. The molecular weight excluding hydrogens is 250 g/mol. The third-order valence-corrected chi connectivity index (χ3v) is 2.31. The number of aliphatic hydroxyl groups excluding tert-OH is 7. The van der Waals surface area contributed by atoms with Crippen LogP contribution in [0, 0.1) is 0 Å². The quantitative estimate of drug-likeness (QED) is 0.216. The summed E-state index contributed by atoms with van der Waals surface area (Å²) in [5, 5.41) is 64.9. The van der Waals surface area contributed by atoms with Gasteiger partial charge in [-0.05, 0) is 0 Å². The molecule has 0 rings (SSSR count). The molecule has 0 aromatic rings. The molecule has 4 atom stereocenters. The van der Waals surface area contributed by atoms with Crippen LogP contribution >= 0.6 is 0 Å². The summed E-state index contributed by atoms with van der Waals surface area (Å²) in [5.41, 5.74) is 0. The van der Waals surface area contributed by atoms with Crippen molar-refractivity contribution in [2.24, 2.45) is 0 Å². The molecule has 0 aliphatic carbocycles. The number of rotatable bonds is 8. The fourth-order valence-corrected chi connectivity index (χ4v) is 1.11. The van der Waals surface area contributed by atoms with Crippen LogP contribution in [0.2, 0.25) is 0 Å². The van der Waals surface area contributed by atoms with Crippen LogP contribution in [0.1, 0.15) is 0 Å². The van der Waals surface area contributed by atoms with Crippen molar-refractivity contribution in [1.29, 1.82) is 0 Å². The minimum atomic E-state index is -2.08. The Morgan fingerprint density at radius 1 is 0.889 bits per heavy atom. The van der Waals surface area contributed by atoms with Gasteiger partial charge in [0.2, 0.25) is 0 Å². The summed E-state index contributed by atoms with van der Waals surface area (Å²) in [7, 11) is 0. The molecule has 1 amide bonds. The van der Waals surface area contributed by atoms with Gasteiger partial charge < -0.3 is 41.1 Å². The van der Waals surface area contributed by atoms with Gasteiger partial charge >= 0.3 is 0 Å². The summed E-state index contributed by atoms with van der Waals surface area (Å²) in [4.78, 5) is 11.3. The standard InChI is InChI=1S/C9H19NO8/c11-1-4(2-12)10-9(18)8(17)7(16)6(15)5(14)3-13/h4-8,11-17H,1-3H2,(H,10,18)/t5-,6-,7+,8-/m1/s1.